The molecule has 0 unspecified atom stereocenters. The van der Waals surface area contributed by atoms with E-state index in [1.165, 1.54) is 11.3 Å². The van der Waals surface area contributed by atoms with E-state index < -0.39 is 5.97 Å². The van der Waals surface area contributed by atoms with Gasteiger partial charge in [0, 0.05) is 18.7 Å². The molecule has 2 N–H and O–H groups in total. The van der Waals surface area contributed by atoms with Crippen molar-refractivity contribution < 1.29 is 19.1 Å². The van der Waals surface area contributed by atoms with Crippen LogP contribution < -0.4 is 10.6 Å². The van der Waals surface area contributed by atoms with Crippen LogP contribution >= 0.6 is 11.3 Å². The van der Waals surface area contributed by atoms with Gasteiger partial charge >= 0.3 is 5.97 Å². The Morgan fingerprint density at radius 1 is 1.12 bits per heavy atom. The summed E-state index contributed by atoms with van der Waals surface area (Å²) in [5.74, 6) is -1.01. The van der Waals surface area contributed by atoms with E-state index in [1.54, 1.807) is 24.3 Å². The maximum atomic E-state index is 11.7. The van der Waals surface area contributed by atoms with E-state index >= 15 is 0 Å². The minimum Gasteiger partial charge on any atom is -0.456 e. The van der Waals surface area contributed by atoms with Crippen LogP contribution in [0.25, 0.3) is 0 Å². The van der Waals surface area contributed by atoms with E-state index in [9.17, 15) is 14.4 Å². The smallest absolute Gasteiger partial charge is 0.306 e. The van der Waals surface area contributed by atoms with Crippen LogP contribution in [-0.4, -0.2) is 30.9 Å². The number of ether oxygens (including phenoxy) is 1. The van der Waals surface area contributed by atoms with Crippen LogP contribution in [0, 0.1) is 6.92 Å². The molecule has 2 aromatic rings. The highest BCUT2D eigenvalue weighted by atomic mass is 32.1. The molecule has 132 valence electrons. The monoisotopic (exact) mass is 360 g/mol. The number of aryl methyl sites for hydroxylation is 1. The number of anilines is 1. The molecule has 0 fully saturated rings. The van der Waals surface area contributed by atoms with Gasteiger partial charge in [0.15, 0.2) is 6.61 Å². The van der Waals surface area contributed by atoms with Crippen molar-refractivity contribution >= 4 is 34.8 Å². The third kappa shape index (κ3) is 6.76. The fourth-order valence-electron chi connectivity index (χ4n) is 1.98. The van der Waals surface area contributed by atoms with Crippen LogP contribution in [0.1, 0.15) is 28.1 Å². The Labute approximate surface area is 150 Å². The first-order valence-electron chi connectivity index (χ1n) is 7.88. The van der Waals surface area contributed by atoms with Crippen molar-refractivity contribution in [1.82, 2.24) is 5.32 Å². The fraction of sp³-hybridized carbons (Fsp3) is 0.278. The Morgan fingerprint density at radius 2 is 1.88 bits per heavy atom. The largest absolute Gasteiger partial charge is 0.456 e. The Hall–Kier alpha value is -2.67. The molecule has 0 aliphatic heterocycles. The highest BCUT2D eigenvalue weighted by Crippen LogP contribution is 2.09. The van der Waals surface area contributed by atoms with Gasteiger partial charge in [-0.05, 0) is 36.9 Å². The number of esters is 1. The standard InChI is InChI=1S/C18H20N2O4S/c1-13-6-8-14(9-7-13)20-16(21)12-24-17(22)5-2-10-19-18(23)15-4-3-11-25-15/h3-4,6-9,11H,2,5,10,12H2,1H3,(H,19,23)(H,20,21). The Balaban J connectivity index is 1.58. The summed E-state index contributed by atoms with van der Waals surface area (Å²) in [7, 11) is 0. The van der Waals surface area contributed by atoms with Gasteiger partial charge in [0.1, 0.15) is 0 Å². The second-order valence-corrected chi connectivity index (χ2v) is 6.36. The van der Waals surface area contributed by atoms with Gasteiger partial charge in [-0.3, -0.25) is 14.4 Å². The molecule has 1 aromatic heterocycles. The maximum Gasteiger partial charge on any atom is 0.306 e. The number of rotatable bonds is 8. The summed E-state index contributed by atoms with van der Waals surface area (Å²) in [4.78, 5) is 35.6. The molecule has 0 aliphatic rings. The van der Waals surface area contributed by atoms with Crippen LogP contribution in [0.2, 0.25) is 0 Å². The summed E-state index contributed by atoms with van der Waals surface area (Å²) in [6.07, 6.45) is 0.595. The third-order valence-electron chi connectivity index (χ3n) is 3.29. The normalized spacial score (nSPS) is 10.1. The zero-order valence-electron chi connectivity index (χ0n) is 13.9. The van der Waals surface area contributed by atoms with E-state index in [2.05, 4.69) is 10.6 Å². The average Bonchev–Trinajstić information content (AvgIpc) is 3.13. The van der Waals surface area contributed by atoms with E-state index in [4.69, 9.17) is 4.74 Å². The first kappa shape index (κ1) is 18.7. The maximum absolute atomic E-state index is 11.7. The van der Waals surface area contributed by atoms with Gasteiger partial charge in [-0.25, -0.2) is 0 Å². The van der Waals surface area contributed by atoms with Crippen LogP contribution in [-0.2, 0) is 14.3 Å². The first-order chi connectivity index (χ1) is 12.0. The number of thiophene rings is 1. The SMILES string of the molecule is Cc1ccc(NC(=O)COC(=O)CCCNC(=O)c2cccs2)cc1. The number of hydrogen-bond acceptors (Lipinski definition) is 5. The molecule has 0 saturated carbocycles. The number of carbonyl (C=O) groups excluding carboxylic acids is 3. The highest BCUT2D eigenvalue weighted by molar-refractivity contribution is 7.12. The third-order valence-corrected chi connectivity index (χ3v) is 4.16. The molecule has 0 bridgehead atoms. The predicted molar refractivity (Wildman–Crippen MR) is 96.7 cm³/mol. The number of hydrogen-bond donors (Lipinski definition) is 2. The van der Waals surface area contributed by atoms with E-state index in [-0.39, 0.29) is 24.8 Å². The number of nitrogens with one attached hydrogen (secondary N) is 2. The fourth-order valence-corrected chi connectivity index (χ4v) is 2.62. The minimum absolute atomic E-state index is 0.141. The van der Waals surface area contributed by atoms with Gasteiger partial charge in [-0.2, -0.15) is 0 Å². The average molecular weight is 360 g/mol. The molecule has 0 spiro atoms. The molecule has 1 aromatic carbocycles. The predicted octanol–water partition coefficient (Wildman–Crippen LogP) is 2.75. The van der Waals surface area contributed by atoms with Crippen molar-refractivity contribution in [2.24, 2.45) is 0 Å². The van der Waals surface area contributed by atoms with Gasteiger partial charge in [-0.15, -0.1) is 11.3 Å². The lowest BCUT2D eigenvalue weighted by Gasteiger charge is -2.07. The molecule has 6 nitrogen and oxygen atoms in total. The van der Waals surface area contributed by atoms with Crippen molar-refractivity contribution in [2.75, 3.05) is 18.5 Å². The van der Waals surface area contributed by atoms with Gasteiger partial charge in [0.05, 0.1) is 4.88 Å². The van der Waals surface area contributed by atoms with Crippen LogP contribution in [0.5, 0.6) is 0 Å². The number of amides is 2. The summed E-state index contributed by atoms with van der Waals surface area (Å²) < 4.78 is 4.92. The zero-order valence-corrected chi connectivity index (χ0v) is 14.7. The Kier molecular flexibility index (Phi) is 7.16. The van der Waals surface area contributed by atoms with E-state index in [0.717, 1.165) is 5.56 Å². The first-order valence-corrected chi connectivity index (χ1v) is 8.76. The molecule has 2 rings (SSSR count). The molecular weight excluding hydrogens is 340 g/mol. The molecule has 1 heterocycles. The molecular formula is C18H20N2O4S. The highest BCUT2D eigenvalue weighted by Gasteiger charge is 2.09. The summed E-state index contributed by atoms with van der Waals surface area (Å²) in [6, 6.07) is 10.9. The second-order valence-electron chi connectivity index (χ2n) is 5.41. The lowest BCUT2D eigenvalue weighted by atomic mass is 10.2. The van der Waals surface area contributed by atoms with Crippen LogP contribution in [0.3, 0.4) is 0 Å². The molecule has 2 amide bonds. The van der Waals surface area contributed by atoms with Gasteiger partial charge in [0.25, 0.3) is 11.8 Å². The van der Waals surface area contributed by atoms with Gasteiger partial charge < -0.3 is 15.4 Å². The van der Waals surface area contributed by atoms with Crippen molar-refractivity contribution in [2.45, 2.75) is 19.8 Å². The van der Waals surface area contributed by atoms with Crippen molar-refractivity contribution in [3.8, 4) is 0 Å². The number of benzene rings is 1. The Morgan fingerprint density at radius 3 is 2.56 bits per heavy atom. The summed E-state index contributed by atoms with van der Waals surface area (Å²) in [5.41, 5.74) is 1.75. The summed E-state index contributed by atoms with van der Waals surface area (Å²) in [6.45, 7) is 2.01. The molecule has 25 heavy (non-hydrogen) atoms. The molecule has 0 radical (unpaired) electrons. The van der Waals surface area contributed by atoms with Crippen molar-refractivity contribution in [1.29, 1.82) is 0 Å². The Bertz CT molecular complexity index is 711. The zero-order chi connectivity index (χ0) is 18.1. The minimum atomic E-state index is -0.468. The van der Waals surface area contributed by atoms with Crippen molar-refractivity contribution in [3.63, 3.8) is 0 Å². The van der Waals surface area contributed by atoms with Crippen LogP contribution in [0.4, 0.5) is 5.69 Å². The quantitative estimate of drug-likeness (QED) is 0.560. The van der Waals surface area contributed by atoms with E-state index in [0.29, 0.717) is 23.5 Å². The lowest BCUT2D eigenvalue weighted by Crippen LogP contribution is -2.25. The molecule has 0 atom stereocenters. The van der Waals surface area contributed by atoms with Gasteiger partial charge in [0.2, 0.25) is 0 Å². The molecule has 7 heteroatoms. The van der Waals surface area contributed by atoms with Gasteiger partial charge in [-0.1, -0.05) is 23.8 Å². The van der Waals surface area contributed by atoms with Crippen LogP contribution in [0.15, 0.2) is 41.8 Å². The van der Waals surface area contributed by atoms with Crippen molar-refractivity contribution in [3.05, 3.63) is 52.2 Å². The number of carbonyl (C=O) groups is 3. The second kappa shape index (κ2) is 9.58. The lowest BCUT2D eigenvalue weighted by molar-refractivity contribution is -0.147. The molecule has 0 saturated heterocycles. The summed E-state index contributed by atoms with van der Waals surface area (Å²) >= 11 is 1.36. The topological polar surface area (TPSA) is 84.5 Å². The molecule has 0 aliphatic carbocycles. The van der Waals surface area contributed by atoms with E-state index in [1.807, 2.05) is 24.4 Å². The summed E-state index contributed by atoms with van der Waals surface area (Å²) in [5, 5.41) is 7.20.